The molecule has 0 aliphatic carbocycles. The third kappa shape index (κ3) is 4.19. The number of ether oxygens (including phenoxy) is 1. The quantitative estimate of drug-likeness (QED) is 0.449. The number of imide groups is 1. The van der Waals surface area contributed by atoms with E-state index in [9.17, 15) is 24.3 Å². The zero-order chi connectivity index (χ0) is 26.6. The molecule has 2 saturated heterocycles. The normalized spacial score (nSPS) is 22.9. The predicted octanol–water partition coefficient (Wildman–Crippen LogP) is 3.03. The van der Waals surface area contributed by atoms with Gasteiger partial charge >= 0.3 is 4.87 Å². The van der Waals surface area contributed by atoms with Gasteiger partial charge in [-0.25, -0.2) is 4.90 Å². The maximum Gasteiger partial charge on any atom is 0.308 e. The molecule has 0 radical (unpaired) electrons. The first-order valence-electron chi connectivity index (χ1n) is 12.0. The van der Waals surface area contributed by atoms with Gasteiger partial charge in [-0.2, -0.15) is 0 Å². The lowest BCUT2D eigenvalue weighted by Gasteiger charge is -2.31. The van der Waals surface area contributed by atoms with Gasteiger partial charge in [-0.05, 0) is 30.3 Å². The molecule has 9 nitrogen and oxygen atoms in total. The van der Waals surface area contributed by atoms with E-state index in [0.717, 1.165) is 27.6 Å². The molecule has 0 bridgehead atoms. The molecule has 196 valence electrons. The molecular formula is C26H22BrN3O6S2. The van der Waals surface area contributed by atoms with Crippen molar-refractivity contribution in [2.45, 2.75) is 22.7 Å². The van der Waals surface area contributed by atoms with Gasteiger partial charge in [0.1, 0.15) is 17.5 Å². The summed E-state index contributed by atoms with van der Waals surface area (Å²) in [6.45, 7) is 1.62. The van der Waals surface area contributed by atoms with E-state index in [4.69, 9.17) is 4.74 Å². The standard InChI is InChI=1S/C26H22BrN3O6S2/c27-14-5-7-15(8-6-14)30-23(33)20-19(16-3-1-2-4-17(16)31)22-25(37-21(20)24(30)34)29(26(35)38-22)13-18(32)28-9-11-36-12-10-28/h1-8,19-21,31H,9-13H2. The molecule has 3 atom stereocenters. The van der Waals surface area contributed by atoms with Gasteiger partial charge in [0.25, 0.3) is 0 Å². The topological polar surface area (TPSA) is 109 Å². The molecule has 12 heteroatoms. The summed E-state index contributed by atoms with van der Waals surface area (Å²) < 4.78 is 7.55. The summed E-state index contributed by atoms with van der Waals surface area (Å²) in [5, 5.41) is 10.5. The minimum Gasteiger partial charge on any atom is -0.508 e. The molecule has 3 aromatic rings. The number of nitrogens with zero attached hydrogens (tertiary/aromatic N) is 3. The van der Waals surface area contributed by atoms with E-state index in [-0.39, 0.29) is 34.9 Å². The van der Waals surface area contributed by atoms with Crippen LogP contribution in [0, 0.1) is 5.92 Å². The second-order valence-corrected chi connectivity index (χ2v) is 12.2. The first-order chi connectivity index (χ1) is 18.3. The average Bonchev–Trinajstić information content (AvgIpc) is 3.36. The Morgan fingerprint density at radius 2 is 1.74 bits per heavy atom. The third-order valence-electron chi connectivity index (χ3n) is 7.06. The van der Waals surface area contributed by atoms with Gasteiger partial charge in [0.05, 0.1) is 29.8 Å². The van der Waals surface area contributed by atoms with Crippen LogP contribution in [-0.2, 0) is 25.7 Å². The molecule has 38 heavy (non-hydrogen) atoms. The Bertz CT molecular complexity index is 1500. The fourth-order valence-electron chi connectivity index (χ4n) is 5.23. The molecule has 3 aliphatic rings. The summed E-state index contributed by atoms with van der Waals surface area (Å²) in [5.41, 5.74) is 0.924. The molecule has 0 spiro atoms. The van der Waals surface area contributed by atoms with Crippen molar-refractivity contribution < 1.29 is 24.2 Å². The maximum absolute atomic E-state index is 13.9. The lowest BCUT2D eigenvalue weighted by molar-refractivity contribution is -0.136. The molecule has 0 saturated carbocycles. The molecule has 3 aliphatic heterocycles. The minimum absolute atomic E-state index is 0.0202. The van der Waals surface area contributed by atoms with Crippen LogP contribution in [-0.4, -0.2) is 63.8 Å². The molecule has 6 rings (SSSR count). The number of amides is 3. The van der Waals surface area contributed by atoms with Gasteiger partial charge in [0.2, 0.25) is 17.7 Å². The summed E-state index contributed by atoms with van der Waals surface area (Å²) in [6.07, 6.45) is 0. The second-order valence-electron chi connectivity index (χ2n) is 9.21. The van der Waals surface area contributed by atoms with Crippen molar-refractivity contribution in [1.82, 2.24) is 9.47 Å². The number of anilines is 1. The lowest BCUT2D eigenvalue weighted by Crippen LogP contribution is -2.43. The number of carbonyl (C=O) groups is 3. The number of morpholine rings is 1. The number of benzene rings is 2. The van der Waals surface area contributed by atoms with Crippen LogP contribution in [0.15, 0.2) is 62.8 Å². The number of fused-ring (bicyclic) bond motifs is 2. The average molecular weight is 617 g/mol. The summed E-state index contributed by atoms with van der Waals surface area (Å²) in [6, 6.07) is 13.6. The van der Waals surface area contributed by atoms with Gasteiger partial charge in [-0.1, -0.05) is 57.2 Å². The predicted molar refractivity (Wildman–Crippen MR) is 146 cm³/mol. The number of phenolic OH excluding ortho intramolecular Hbond substituents is 1. The number of hydrogen-bond acceptors (Lipinski definition) is 8. The van der Waals surface area contributed by atoms with E-state index in [1.165, 1.54) is 15.5 Å². The van der Waals surface area contributed by atoms with Crippen molar-refractivity contribution in [1.29, 1.82) is 0 Å². The Kier molecular flexibility index (Phi) is 6.67. The van der Waals surface area contributed by atoms with Gasteiger partial charge in [0.15, 0.2) is 0 Å². The maximum atomic E-state index is 13.9. The first-order valence-corrected chi connectivity index (χ1v) is 14.5. The first kappa shape index (κ1) is 25.4. The molecule has 4 heterocycles. The Hall–Kier alpha value is -2.93. The zero-order valence-electron chi connectivity index (χ0n) is 19.9. The zero-order valence-corrected chi connectivity index (χ0v) is 23.1. The van der Waals surface area contributed by atoms with E-state index in [2.05, 4.69) is 15.9 Å². The van der Waals surface area contributed by atoms with Crippen LogP contribution in [0.25, 0.3) is 0 Å². The smallest absolute Gasteiger partial charge is 0.308 e. The van der Waals surface area contributed by atoms with Crippen molar-refractivity contribution in [3.63, 3.8) is 0 Å². The fourth-order valence-corrected chi connectivity index (χ4v) is 8.26. The molecule has 2 fully saturated rings. The van der Waals surface area contributed by atoms with Crippen molar-refractivity contribution >= 4 is 62.4 Å². The summed E-state index contributed by atoms with van der Waals surface area (Å²) in [7, 11) is 0. The molecular weight excluding hydrogens is 594 g/mol. The monoisotopic (exact) mass is 615 g/mol. The molecule has 2 aromatic carbocycles. The van der Waals surface area contributed by atoms with E-state index in [1.807, 2.05) is 0 Å². The van der Waals surface area contributed by atoms with E-state index < -0.39 is 17.1 Å². The van der Waals surface area contributed by atoms with Crippen molar-refractivity contribution in [3.8, 4) is 5.75 Å². The van der Waals surface area contributed by atoms with E-state index >= 15 is 0 Å². The Balaban J connectivity index is 1.45. The van der Waals surface area contributed by atoms with Crippen LogP contribution in [0.4, 0.5) is 5.69 Å². The highest BCUT2D eigenvalue weighted by atomic mass is 79.9. The van der Waals surface area contributed by atoms with Gasteiger partial charge in [0, 0.05) is 33.9 Å². The number of hydrogen-bond donors (Lipinski definition) is 1. The van der Waals surface area contributed by atoms with E-state index in [0.29, 0.717) is 47.5 Å². The molecule has 1 aromatic heterocycles. The number of carbonyl (C=O) groups excluding carboxylic acids is 3. The number of aromatic nitrogens is 1. The van der Waals surface area contributed by atoms with Gasteiger partial charge in [-0.3, -0.25) is 23.7 Å². The van der Waals surface area contributed by atoms with Crippen LogP contribution in [0.5, 0.6) is 5.75 Å². The Morgan fingerprint density at radius 3 is 2.45 bits per heavy atom. The summed E-state index contributed by atoms with van der Waals surface area (Å²) >= 11 is 5.50. The number of aromatic hydroxyl groups is 1. The number of rotatable bonds is 4. The fraction of sp³-hybridized carbons (Fsp3) is 0.308. The summed E-state index contributed by atoms with van der Waals surface area (Å²) in [5.74, 6) is -2.53. The minimum atomic E-state index is -0.821. The largest absolute Gasteiger partial charge is 0.508 e. The summed E-state index contributed by atoms with van der Waals surface area (Å²) in [4.78, 5) is 57.0. The molecule has 3 amide bonds. The third-order valence-corrected chi connectivity index (χ3v) is 10.2. The van der Waals surface area contributed by atoms with Crippen LogP contribution < -0.4 is 9.77 Å². The van der Waals surface area contributed by atoms with Gasteiger partial charge in [-0.15, -0.1) is 0 Å². The highest BCUT2D eigenvalue weighted by Crippen LogP contribution is 2.55. The molecule has 3 unspecified atom stereocenters. The lowest BCUT2D eigenvalue weighted by atomic mass is 9.82. The number of phenols is 1. The number of thioether (sulfide) groups is 1. The van der Waals surface area contributed by atoms with Crippen LogP contribution in [0.1, 0.15) is 16.4 Å². The SMILES string of the molecule is O=C(Cn1c2c(sc1=O)C(c1ccccc1O)C1C(=O)N(c3ccc(Br)cc3)C(=O)C1S2)N1CCOCC1. The Labute approximate surface area is 234 Å². The van der Waals surface area contributed by atoms with E-state index in [1.54, 1.807) is 47.4 Å². The van der Waals surface area contributed by atoms with Crippen LogP contribution in [0.3, 0.4) is 0 Å². The number of thiazole rings is 1. The number of para-hydroxylation sites is 1. The van der Waals surface area contributed by atoms with Crippen LogP contribution in [0.2, 0.25) is 0 Å². The second kappa shape index (κ2) is 9.99. The molecule has 1 N–H and O–H groups in total. The van der Waals surface area contributed by atoms with Crippen molar-refractivity contribution in [2.75, 3.05) is 31.2 Å². The highest BCUT2D eigenvalue weighted by molar-refractivity contribution is 9.10. The van der Waals surface area contributed by atoms with Crippen LogP contribution >= 0.6 is 39.0 Å². The van der Waals surface area contributed by atoms with Crippen molar-refractivity contribution in [3.05, 3.63) is 73.1 Å². The Morgan fingerprint density at radius 1 is 1.03 bits per heavy atom. The highest BCUT2D eigenvalue weighted by Gasteiger charge is 2.57. The van der Waals surface area contributed by atoms with Gasteiger partial charge < -0.3 is 14.7 Å². The number of halogens is 1. The van der Waals surface area contributed by atoms with Crippen molar-refractivity contribution in [2.24, 2.45) is 5.92 Å².